The molecule has 1 aromatic carbocycles. The van der Waals surface area contributed by atoms with Gasteiger partial charge in [0.15, 0.2) is 0 Å². The summed E-state index contributed by atoms with van der Waals surface area (Å²) in [7, 11) is 0. The van der Waals surface area contributed by atoms with E-state index in [9.17, 15) is 4.79 Å². The van der Waals surface area contributed by atoms with Crippen LogP contribution >= 0.6 is 11.6 Å². The minimum atomic E-state index is 0.338. The van der Waals surface area contributed by atoms with Crippen LogP contribution in [0.5, 0.6) is 0 Å². The summed E-state index contributed by atoms with van der Waals surface area (Å²) >= 11 is 5.94. The van der Waals surface area contributed by atoms with Crippen LogP contribution in [-0.2, 0) is 11.3 Å². The molecule has 0 bridgehead atoms. The molecule has 0 radical (unpaired) electrons. The fraction of sp³-hybridized carbons (Fsp3) is 0.357. The summed E-state index contributed by atoms with van der Waals surface area (Å²) in [6, 6.07) is 7.95. The Morgan fingerprint density at radius 2 is 2.18 bits per heavy atom. The van der Waals surface area contributed by atoms with Crippen LogP contribution < -0.4 is 0 Å². The summed E-state index contributed by atoms with van der Waals surface area (Å²) in [6.45, 7) is 2.80. The standard InChI is InChI=1S/C14H16ClNO/c1-2-13(17)4-3-8-16-9-7-11-10-12(15)5-6-14(11)16/h5-7,9-10H,2-4,8H2,1H3. The van der Waals surface area contributed by atoms with E-state index in [-0.39, 0.29) is 0 Å². The van der Waals surface area contributed by atoms with Crippen molar-refractivity contribution in [2.45, 2.75) is 32.7 Å². The van der Waals surface area contributed by atoms with Gasteiger partial charge >= 0.3 is 0 Å². The maximum Gasteiger partial charge on any atom is 0.132 e. The zero-order valence-electron chi connectivity index (χ0n) is 9.95. The molecule has 0 saturated carbocycles. The van der Waals surface area contributed by atoms with E-state index in [0.29, 0.717) is 18.6 Å². The lowest BCUT2D eigenvalue weighted by Gasteiger charge is -2.04. The molecular weight excluding hydrogens is 234 g/mol. The quantitative estimate of drug-likeness (QED) is 0.784. The van der Waals surface area contributed by atoms with Gasteiger partial charge in [-0.25, -0.2) is 0 Å². The average Bonchev–Trinajstić information content (AvgIpc) is 2.71. The monoisotopic (exact) mass is 249 g/mol. The minimum absolute atomic E-state index is 0.338. The zero-order chi connectivity index (χ0) is 12.3. The fourth-order valence-corrected chi connectivity index (χ4v) is 2.17. The molecule has 0 spiro atoms. The summed E-state index contributed by atoms with van der Waals surface area (Å²) in [4.78, 5) is 11.2. The van der Waals surface area contributed by atoms with E-state index < -0.39 is 0 Å². The predicted molar refractivity (Wildman–Crippen MR) is 71.5 cm³/mol. The highest BCUT2D eigenvalue weighted by molar-refractivity contribution is 6.31. The number of halogens is 1. The molecule has 0 saturated heterocycles. The molecule has 0 unspecified atom stereocenters. The summed E-state index contributed by atoms with van der Waals surface area (Å²) in [6.07, 6.45) is 4.27. The maximum absolute atomic E-state index is 11.2. The van der Waals surface area contributed by atoms with Crippen molar-refractivity contribution in [3.05, 3.63) is 35.5 Å². The van der Waals surface area contributed by atoms with Gasteiger partial charge in [-0.1, -0.05) is 18.5 Å². The smallest absolute Gasteiger partial charge is 0.132 e. The number of hydrogen-bond donors (Lipinski definition) is 0. The van der Waals surface area contributed by atoms with E-state index in [0.717, 1.165) is 23.4 Å². The Morgan fingerprint density at radius 3 is 2.94 bits per heavy atom. The summed E-state index contributed by atoms with van der Waals surface area (Å²) < 4.78 is 2.18. The van der Waals surface area contributed by atoms with Gasteiger partial charge in [-0.05, 0) is 30.7 Å². The van der Waals surface area contributed by atoms with Crippen LogP contribution in [0.15, 0.2) is 30.5 Å². The fourth-order valence-electron chi connectivity index (χ4n) is 1.99. The van der Waals surface area contributed by atoms with Crippen molar-refractivity contribution >= 4 is 28.3 Å². The number of Topliss-reactive ketones (excluding diaryl/α,β-unsaturated/α-hetero) is 1. The van der Waals surface area contributed by atoms with Crippen molar-refractivity contribution in [1.82, 2.24) is 4.57 Å². The van der Waals surface area contributed by atoms with Crippen LogP contribution in [-0.4, -0.2) is 10.4 Å². The number of aromatic nitrogens is 1. The normalized spacial score (nSPS) is 10.9. The minimum Gasteiger partial charge on any atom is -0.347 e. The Kier molecular flexibility index (Phi) is 3.85. The molecule has 2 aromatic rings. The molecule has 3 heteroatoms. The number of aryl methyl sites for hydroxylation is 1. The lowest BCUT2D eigenvalue weighted by molar-refractivity contribution is -0.118. The van der Waals surface area contributed by atoms with E-state index in [4.69, 9.17) is 11.6 Å². The van der Waals surface area contributed by atoms with Crippen molar-refractivity contribution in [2.75, 3.05) is 0 Å². The van der Waals surface area contributed by atoms with Gasteiger partial charge in [0.2, 0.25) is 0 Å². The first kappa shape index (κ1) is 12.2. The molecule has 17 heavy (non-hydrogen) atoms. The van der Waals surface area contributed by atoms with E-state index in [1.165, 1.54) is 5.52 Å². The largest absolute Gasteiger partial charge is 0.347 e. The third-order valence-electron chi connectivity index (χ3n) is 2.98. The van der Waals surface area contributed by atoms with E-state index >= 15 is 0 Å². The van der Waals surface area contributed by atoms with Crippen LogP contribution in [0.25, 0.3) is 10.9 Å². The molecule has 0 aliphatic heterocycles. The average molecular weight is 250 g/mol. The highest BCUT2D eigenvalue weighted by Crippen LogP contribution is 2.20. The van der Waals surface area contributed by atoms with Gasteiger partial charge in [0, 0.05) is 41.5 Å². The van der Waals surface area contributed by atoms with Crippen LogP contribution in [0, 0.1) is 0 Å². The lowest BCUT2D eigenvalue weighted by atomic mass is 10.2. The molecule has 90 valence electrons. The van der Waals surface area contributed by atoms with Crippen LogP contribution in [0.1, 0.15) is 26.2 Å². The molecule has 0 fully saturated rings. The van der Waals surface area contributed by atoms with Gasteiger partial charge in [0.25, 0.3) is 0 Å². The summed E-state index contributed by atoms with van der Waals surface area (Å²) in [5.74, 6) is 0.338. The van der Waals surface area contributed by atoms with Gasteiger partial charge in [0.1, 0.15) is 5.78 Å². The number of rotatable bonds is 5. The summed E-state index contributed by atoms with van der Waals surface area (Å²) in [5, 5.41) is 1.91. The Morgan fingerprint density at radius 1 is 1.35 bits per heavy atom. The predicted octanol–water partition coefficient (Wildman–Crippen LogP) is 4.05. The second kappa shape index (κ2) is 5.37. The highest BCUT2D eigenvalue weighted by Gasteiger charge is 2.03. The van der Waals surface area contributed by atoms with Crippen molar-refractivity contribution < 1.29 is 4.79 Å². The second-order valence-corrected chi connectivity index (χ2v) is 4.64. The number of benzene rings is 1. The molecule has 2 nitrogen and oxygen atoms in total. The van der Waals surface area contributed by atoms with Crippen LogP contribution in [0.4, 0.5) is 0 Å². The van der Waals surface area contributed by atoms with Crippen molar-refractivity contribution in [3.63, 3.8) is 0 Å². The molecule has 0 aliphatic rings. The number of ketones is 1. The van der Waals surface area contributed by atoms with Crippen LogP contribution in [0.2, 0.25) is 5.02 Å². The Hall–Kier alpha value is -1.28. The maximum atomic E-state index is 11.2. The van der Waals surface area contributed by atoms with E-state index in [2.05, 4.69) is 16.8 Å². The molecular formula is C14H16ClNO. The number of carbonyl (C=O) groups excluding carboxylic acids is 1. The van der Waals surface area contributed by atoms with Gasteiger partial charge in [-0.3, -0.25) is 4.79 Å². The molecule has 0 atom stereocenters. The van der Waals surface area contributed by atoms with Crippen molar-refractivity contribution in [1.29, 1.82) is 0 Å². The van der Waals surface area contributed by atoms with E-state index in [1.54, 1.807) is 0 Å². The van der Waals surface area contributed by atoms with Crippen molar-refractivity contribution in [2.24, 2.45) is 0 Å². The zero-order valence-corrected chi connectivity index (χ0v) is 10.7. The second-order valence-electron chi connectivity index (χ2n) is 4.21. The molecule has 0 amide bonds. The first-order valence-electron chi connectivity index (χ1n) is 5.97. The Bertz CT molecular complexity index is 530. The molecule has 1 heterocycles. The highest BCUT2D eigenvalue weighted by atomic mass is 35.5. The number of fused-ring (bicyclic) bond motifs is 1. The number of carbonyl (C=O) groups is 1. The lowest BCUT2D eigenvalue weighted by Crippen LogP contribution is -2.00. The van der Waals surface area contributed by atoms with E-state index in [1.807, 2.05) is 25.1 Å². The first-order valence-corrected chi connectivity index (χ1v) is 6.34. The topological polar surface area (TPSA) is 22.0 Å². The molecule has 0 N–H and O–H groups in total. The van der Waals surface area contributed by atoms with Gasteiger partial charge in [-0.15, -0.1) is 0 Å². The molecule has 0 aliphatic carbocycles. The molecule has 2 rings (SSSR count). The number of hydrogen-bond acceptors (Lipinski definition) is 1. The SMILES string of the molecule is CCC(=O)CCCn1ccc2cc(Cl)ccc21. The third-order valence-corrected chi connectivity index (χ3v) is 3.22. The van der Waals surface area contributed by atoms with Crippen LogP contribution in [0.3, 0.4) is 0 Å². The Balaban J connectivity index is 2.06. The van der Waals surface area contributed by atoms with Gasteiger partial charge in [0.05, 0.1) is 0 Å². The first-order chi connectivity index (χ1) is 8.20. The van der Waals surface area contributed by atoms with Gasteiger partial charge < -0.3 is 4.57 Å². The number of nitrogens with zero attached hydrogens (tertiary/aromatic N) is 1. The van der Waals surface area contributed by atoms with Crippen molar-refractivity contribution in [3.8, 4) is 0 Å². The van der Waals surface area contributed by atoms with Gasteiger partial charge in [-0.2, -0.15) is 0 Å². The molecule has 1 aromatic heterocycles. The summed E-state index contributed by atoms with van der Waals surface area (Å²) in [5.41, 5.74) is 1.18. The Labute approximate surface area is 106 Å². The third kappa shape index (κ3) is 2.89.